The van der Waals surface area contributed by atoms with Gasteiger partial charge in [-0.15, -0.1) is 0 Å². The quantitative estimate of drug-likeness (QED) is 0.0930. The lowest BCUT2D eigenvalue weighted by Gasteiger charge is -2.46. The molecule has 1 aromatic rings. The zero-order valence-electron chi connectivity index (χ0n) is 40.8. The number of aliphatic carboxylic acids is 1. The van der Waals surface area contributed by atoms with E-state index in [9.17, 15) is 33.9 Å². The van der Waals surface area contributed by atoms with Crippen molar-refractivity contribution in [3.63, 3.8) is 0 Å². The molecule has 0 fully saturated rings. The summed E-state index contributed by atoms with van der Waals surface area (Å²) in [5.41, 5.74) is -0.728. The minimum Gasteiger partial charge on any atom is -0.480 e. The molecule has 0 saturated heterocycles. The van der Waals surface area contributed by atoms with Crippen LogP contribution in [0.15, 0.2) is 35.9 Å². The van der Waals surface area contributed by atoms with Crippen LogP contribution in [-0.2, 0) is 28.7 Å². The molecule has 0 radical (unpaired) electrons. The van der Waals surface area contributed by atoms with Crippen LogP contribution < -0.4 is 20.9 Å². The third-order valence-electron chi connectivity index (χ3n) is 11.4. The van der Waals surface area contributed by atoms with Crippen molar-refractivity contribution in [1.29, 1.82) is 0 Å². The minimum atomic E-state index is -1.18. The first-order chi connectivity index (χ1) is 28.2. The number of rotatable bonds is 17. The highest BCUT2D eigenvalue weighted by Crippen LogP contribution is 2.51. The number of para-hydroxylation sites is 1. The smallest absolute Gasteiger partial charge is 0.410 e. The van der Waals surface area contributed by atoms with Crippen LogP contribution in [-0.4, -0.2) is 120 Å². The summed E-state index contributed by atoms with van der Waals surface area (Å²) in [5.74, 6) is -2.69. The summed E-state index contributed by atoms with van der Waals surface area (Å²) < 4.78 is 11.0. The van der Waals surface area contributed by atoms with Crippen LogP contribution in [0.5, 0.6) is 0 Å². The number of ether oxygens (including phenoxy) is 2. The van der Waals surface area contributed by atoms with Crippen molar-refractivity contribution < 1.29 is 43.3 Å². The summed E-state index contributed by atoms with van der Waals surface area (Å²) in [6.07, 6.45) is 1.28. The fourth-order valence-corrected chi connectivity index (χ4v) is 8.25. The van der Waals surface area contributed by atoms with E-state index in [0.717, 1.165) is 11.3 Å². The molecule has 0 aliphatic carbocycles. The molecule has 6 atom stereocenters. The topological polar surface area (TPSA) is 187 Å². The first kappa shape index (κ1) is 53.3. The highest BCUT2D eigenvalue weighted by Gasteiger charge is 2.53. The summed E-state index contributed by atoms with van der Waals surface area (Å²) in [4.78, 5) is 85.6. The number of carboxylic acids is 1. The van der Waals surface area contributed by atoms with Crippen LogP contribution in [0.2, 0.25) is 0 Å². The van der Waals surface area contributed by atoms with Crippen LogP contribution in [0.25, 0.3) is 0 Å². The maximum Gasteiger partial charge on any atom is 0.410 e. The molecular formula is C47H78N6O9. The maximum absolute atomic E-state index is 15.0. The monoisotopic (exact) mass is 871 g/mol. The Kier molecular flexibility index (Phi) is 18.1. The van der Waals surface area contributed by atoms with Gasteiger partial charge in [0, 0.05) is 56.3 Å². The molecule has 15 nitrogen and oxygen atoms in total. The Labute approximate surface area is 371 Å². The molecule has 1 aliphatic rings. The van der Waals surface area contributed by atoms with Crippen molar-refractivity contribution in [3.8, 4) is 0 Å². The summed E-state index contributed by atoms with van der Waals surface area (Å²) in [6.45, 7) is 27.9. The third kappa shape index (κ3) is 14.4. The number of carbonyl (C=O) groups excluding carboxylic acids is 5. The lowest BCUT2D eigenvalue weighted by atomic mass is 9.67. The molecule has 2 rings (SSSR count). The molecular weight excluding hydrogens is 793 g/mol. The van der Waals surface area contributed by atoms with Crippen molar-refractivity contribution in [3.05, 3.63) is 41.5 Å². The van der Waals surface area contributed by atoms with Crippen molar-refractivity contribution in [2.45, 2.75) is 170 Å². The first-order valence-corrected chi connectivity index (χ1v) is 21.8. The summed E-state index contributed by atoms with van der Waals surface area (Å²) in [6, 6.07) is 4.30. The molecule has 2 unspecified atom stereocenters. The Morgan fingerprint density at radius 2 is 1.42 bits per heavy atom. The van der Waals surface area contributed by atoms with Crippen LogP contribution in [0.3, 0.4) is 0 Å². The van der Waals surface area contributed by atoms with Gasteiger partial charge in [0.05, 0.1) is 6.04 Å². The number of hydrogen-bond donors (Lipinski definition) is 4. The van der Waals surface area contributed by atoms with Crippen LogP contribution in [0, 0.1) is 16.7 Å². The number of likely N-dealkylation sites (N-methyl/N-ethyl adjacent to an activating group) is 3. The van der Waals surface area contributed by atoms with Gasteiger partial charge in [0.2, 0.25) is 17.7 Å². The molecule has 1 aromatic carbocycles. The number of carboxylic acid groups (broad SMARTS) is 1. The van der Waals surface area contributed by atoms with E-state index in [2.05, 4.69) is 39.9 Å². The lowest BCUT2D eigenvalue weighted by Crippen LogP contribution is -2.63. The van der Waals surface area contributed by atoms with Gasteiger partial charge >= 0.3 is 18.2 Å². The molecule has 62 heavy (non-hydrogen) atoms. The molecule has 0 saturated carbocycles. The molecule has 350 valence electrons. The number of hydrogen-bond acceptors (Lipinski definition) is 9. The Hall–Kier alpha value is -4.82. The minimum absolute atomic E-state index is 0.0210. The number of fused-ring (bicyclic) bond motifs is 1. The van der Waals surface area contributed by atoms with E-state index in [0.29, 0.717) is 18.4 Å². The average molecular weight is 871 g/mol. The Balaban J connectivity index is 2.35. The Bertz CT molecular complexity index is 1790. The van der Waals surface area contributed by atoms with Gasteiger partial charge in [0.1, 0.15) is 29.3 Å². The van der Waals surface area contributed by atoms with Crippen LogP contribution >= 0.6 is 0 Å². The second-order valence-electron chi connectivity index (χ2n) is 20.8. The number of amides is 5. The van der Waals surface area contributed by atoms with E-state index in [1.807, 2.05) is 67.6 Å². The number of nitrogens with zero attached hydrogens (tertiary/aromatic N) is 3. The van der Waals surface area contributed by atoms with Crippen molar-refractivity contribution in [1.82, 2.24) is 25.8 Å². The standard InChI is InChI=1S/C47H78N6O9/c1-28(2)34(27-29(3)38(54)48-26-22-21-24-32(41(57)58)49-42(59)61-45(8,9)10)52(17)40(56)36(44(5,6)7)50-39(55)37(53(18)43(60)62-46(11,12)13)47(14,15)35-30(4)51(16)33-25-20-19-23-31(33)35/h19-20,23,25,27-28,30,32,34-37H,21-22,24,26H2,1-18H3,(H,48,54)(H,49,59)(H,50,55)(H,57,58)/b29-27+/t30?,32-,34-,35?,36-,37-/m1/s1. The predicted molar refractivity (Wildman–Crippen MR) is 243 cm³/mol. The number of alkyl carbamates (subject to hydrolysis) is 1. The number of carbonyl (C=O) groups is 6. The Morgan fingerprint density at radius 1 is 0.855 bits per heavy atom. The normalized spacial score (nSPS) is 17.9. The lowest BCUT2D eigenvalue weighted by molar-refractivity contribution is -0.142. The second kappa shape index (κ2) is 21.0. The molecule has 1 heterocycles. The van der Waals surface area contributed by atoms with Gasteiger partial charge in [-0.25, -0.2) is 14.4 Å². The molecule has 4 N–H and O–H groups in total. The van der Waals surface area contributed by atoms with Gasteiger partial charge in [-0.2, -0.15) is 0 Å². The fraction of sp³-hybridized carbons (Fsp3) is 0.702. The average Bonchev–Trinajstić information content (AvgIpc) is 3.38. The summed E-state index contributed by atoms with van der Waals surface area (Å²) in [7, 11) is 5.25. The van der Waals surface area contributed by atoms with Gasteiger partial charge < -0.3 is 40.3 Å². The SMILES string of the molecule is C/C(=C\[C@H](C(C)C)N(C)C(=O)[C@@H](NC(=O)[C@@H](N(C)C(=O)OC(C)(C)C)C(C)(C)C1c2ccccc2N(C)C1C)C(C)(C)C)C(=O)NCCCC[C@@H](NC(=O)OC(C)(C)C)C(=O)O. The third-order valence-corrected chi connectivity index (χ3v) is 11.4. The van der Waals surface area contributed by atoms with Crippen LogP contribution in [0.1, 0.15) is 135 Å². The van der Waals surface area contributed by atoms with Gasteiger partial charge in [0.15, 0.2) is 0 Å². The molecule has 1 aliphatic heterocycles. The maximum atomic E-state index is 15.0. The fourth-order valence-electron chi connectivity index (χ4n) is 8.25. The number of benzene rings is 1. The second-order valence-corrected chi connectivity index (χ2v) is 20.8. The first-order valence-electron chi connectivity index (χ1n) is 21.8. The number of unbranched alkanes of at least 4 members (excludes halogenated alkanes) is 1. The zero-order chi connectivity index (χ0) is 47.9. The van der Waals surface area contributed by atoms with Gasteiger partial charge in [-0.1, -0.05) is 72.7 Å². The molecule has 0 spiro atoms. The van der Waals surface area contributed by atoms with E-state index in [1.54, 1.807) is 73.5 Å². The molecule has 15 heteroatoms. The zero-order valence-corrected chi connectivity index (χ0v) is 40.8. The largest absolute Gasteiger partial charge is 0.480 e. The highest BCUT2D eigenvalue weighted by atomic mass is 16.6. The van der Waals surface area contributed by atoms with E-state index in [1.165, 1.54) is 4.90 Å². The molecule has 5 amide bonds. The van der Waals surface area contributed by atoms with Crippen molar-refractivity contribution in [2.75, 3.05) is 32.6 Å². The predicted octanol–water partition coefficient (Wildman–Crippen LogP) is 7.09. The van der Waals surface area contributed by atoms with Gasteiger partial charge in [0.25, 0.3) is 0 Å². The van der Waals surface area contributed by atoms with E-state index in [4.69, 9.17) is 9.47 Å². The van der Waals surface area contributed by atoms with Crippen LogP contribution in [0.4, 0.5) is 15.3 Å². The van der Waals surface area contributed by atoms with E-state index < -0.39 is 70.3 Å². The molecule has 0 bridgehead atoms. The van der Waals surface area contributed by atoms with Crippen molar-refractivity contribution >= 4 is 41.6 Å². The molecule has 0 aromatic heterocycles. The van der Waals surface area contributed by atoms with E-state index >= 15 is 0 Å². The number of nitrogens with one attached hydrogen (secondary N) is 3. The van der Waals surface area contributed by atoms with Gasteiger partial charge in [-0.05, 0) is 97.6 Å². The Morgan fingerprint density at radius 3 is 1.94 bits per heavy atom. The number of anilines is 1. The van der Waals surface area contributed by atoms with Crippen molar-refractivity contribution in [2.24, 2.45) is 16.7 Å². The summed E-state index contributed by atoms with van der Waals surface area (Å²) >= 11 is 0. The van der Waals surface area contributed by atoms with E-state index in [-0.39, 0.29) is 42.7 Å². The highest BCUT2D eigenvalue weighted by molar-refractivity contribution is 5.94. The van der Waals surface area contributed by atoms with Gasteiger partial charge in [-0.3, -0.25) is 19.3 Å². The summed E-state index contributed by atoms with van der Waals surface area (Å²) in [5, 5.41) is 17.9.